The van der Waals surface area contributed by atoms with Crippen LogP contribution >= 0.6 is 0 Å². The molecule has 0 aliphatic carbocycles. The summed E-state index contributed by atoms with van der Waals surface area (Å²) < 4.78 is 4.97. The highest BCUT2D eigenvalue weighted by molar-refractivity contribution is 5.35. The van der Waals surface area contributed by atoms with Crippen LogP contribution in [0.4, 0.5) is 5.69 Å². The number of ether oxygens (including phenoxy) is 1. The molecule has 0 amide bonds. The van der Waals surface area contributed by atoms with Gasteiger partial charge in [0, 0.05) is 0 Å². The zero-order valence-electron chi connectivity index (χ0n) is 8.47. The molecule has 14 heavy (non-hydrogen) atoms. The maximum atomic E-state index is 11.3. The fourth-order valence-corrected chi connectivity index (χ4v) is 0.924. The Morgan fingerprint density at radius 2 is 1.86 bits per heavy atom. The van der Waals surface area contributed by atoms with E-state index < -0.39 is 0 Å². The van der Waals surface area contributed by atoms with Gasteiger partial charge in [-0.1, -0.05) is 0 Å². The topological polar surface area (TPSA) is 50.9 Å². The summed E-state index contributed by atoms with van der Waals surface area (Å²) >= 11 is 0. The van der Waals surface area contributed by atoms with Gasteiger partial charge in [0.25, 0.3) is 0 Å². The van der Waals surface area contributed by atoms with E-state index >= 15 is 0 Å². The fraction of sp³-hybridized carbons (Fsp3) is 0.333. The third kappa shape index (κ3) is 2.62. The third-order valence-corrected chi connectivity index (χ3v) is 1.55. The van der Waals surface area contributed by atoms with Crippen molar-refractivity contribution in [2.24, 2.45) is 5.22 Å². The molecular weight excluding hydrogens is 182 g/mol. The van der Waals surface area contributed by atoms with E-state index in [0.717, 1.165) is 0 Å². The van der Waals surface area contributed by atoms with Gasteiger partial charge in [-0.05, 0) is 24.3 Å². The Labute approximate surface area is 82.8 Å². The molecule has 0 saturated heterocycles. The zero-order chi connectivity index (χ0) is 10.6. The van der Waals surface area contributed by atoms with E-state index in [2.05, 4.69) is 5.22 Å². The van der Waals surface area contributed by atoms with Crippen molar-refractivity contribution in [2.75, 3.05) is 21.2 Å². The van der Waals surface area contributed by atoms with Crippen molar-refractivity contribution in [3.05, 3.63) is 29.5 Å². The fourth-order valence-electron chi connectivity index (χ4n) is 0.924. The van der Waals surface area contributed by atoms with Crippen LogP contribution in [0.3, 0.4) is 0 Å². The van der Waals surface area contributed by atoms with Crippen molar-refractivity contribution < 1.29 is 9.60 Å². The summed E-state index contributed by atoms with van der Waals surface area (Å²) in [5.41, 5.74) is 0.472. The van der Waals surface area contributed by atoms with Crippen LogP contribution in [0.15, 0.2) is 29.5 Å². The summed E-state index contributed by atoms with van der Waals surface area (Å²) in [6, 6.07) is 6.73. The molecule has 0 bridgehead atoms. The number of nitrogens with zero attached hydrogens (tertiary/aromatic N) is 3. The Morgan fingerprint density at radius 1 is 1.29 bits per heavy atom. The first kappa shape index (κ1) is 10.3. The van der Waals surface area contributed by atoms with E-state index in [-0.39, 0.29) is 0 Å². The van der Waals surface area contributed by atoms with E-state index in [1.165, 1.54) is 5.01 Å². The van der Waals surface area contributed by atoms with Crippen molar-refractivity contribution in [1.29, 1.82) is 0 Å². The van der Waals surface area contributed by atoms with E-state index in [1.807, 2.05) is 0 Å². The van der Waals surface area contributed by atoms with Crippen LogP contribution in [-0.2, 0) is 0 Å². The van der Waals surface area contributed by atoms with Gasteiger partial charge in [-0.3, -0.25) is 0 Å². The molecule has 1 aromatic carbocycles. The second kappa shape index (κ2) is 4.45. The summed E-state index contributed by atoms with van der Waals surface area (Å²) in [6.07, 6.45) is 0. The summed E-state index contributed by atoms with van der Waals surface area (Å²) in [4.78, 5) is 0.555. The van der Waals surface area contributed by atoms with Crippen molar-refractivity contribution in [3.8, 4) is 5.75 Å². The van der Waals surface area contributed by atoms with Crippen LogP contribution in [0.1, 0.15) is 0 Å². The first-order valence-corrected chi connectivity index (χ1v) is 4.13. The van der Waals surface area contributed by atoms with Crippen molar-refractivity contribution in [1.82, 2.24) is 5.01 Å². The molecule has 0 fully saturated rings. The number of methoxy groups -OCH3 is 1. The first-order chi connectivity index (χ1) is 6.63. The van der Waals surface area contributed by atoms with Crippen molar-refractivity contribution in [3.63, 3.8) is 0 Å². The monoisotopic (exact) mass is 195 g/mol. The van der Waals surface area contributed by atoms with Crippen molar-refractivity contribution in [2.45, 2.75) is 0 Å². The largest absolute Gasteiger partial charge is 0.691 e. The molecular formula is C9H13N3O2. The van der Waals surface area contributed by atoms with Gasteiger partial charge in [-0.15, -0.1) is 4.86 Å². The van der Waals surface area contributed by atoms with Gasteiger partial charge in [0.1, 0.15) is 5.75 Å². The molecule has 0 N–H and O–H groups in total. The maximum absolute atomic E-state index is 11.3. The molecule has 0 atom stereocenters. The quantitative estimate of drug-likeness (QED) is 0.419. The van der Waals surface area contributed by atoms with Gasteiger partial charge in [0.05, 0.1) is 26.4 Å². The summed E-state index contributed by atoms with van der Waals surface area (Å²) in [5, 5.41) is 16.4. The molecule has 76 valence electrons. The highest BCUT2D eigenvalue weighted by atomic mass is 16.5. The van der Waals surface area contributed by atoms with Crippen LogP contribution in [0.25, 0.3) is 0 Å². The summed E-state index contributed by atoms with van der Waals surface area (Å²) in [6.45, 7) is 0. The van der Waals surface area contributed by atoms with Gasteiger partial charge >= 0.3 is 0 Å². The Bertz CT molecular complexity index is 319. The first-order valence-electron chi connectivity index (χ1n) is 4.13. The van der Waals surface area contributed by atoms with Gasteiger partial charge < -0.3 is 9.94 Å². The van der Waals surface area contributed by atoms with E-state index in [0.29, 0.717) is 16.3 Å². The second-order valence-electron chi connectivity index (χ2n) is 2.91. The predicted molar refractivity (Wildman–Crippen MR) is 52.4 cm³/mol. The summed E-state index contributed by atoms with van der Waals surface area (Å²) in [7, 11) is 4.96. The van der Waals surface area contributed by atoms with E-state index in [1.54, 1.807) is 45.5 Å². The van der Waals surface area contributed by atoms with Crippen molar-refractivity contribution >= 4 is 5.69 Å². The third-order valence-electron chi connectivity index (χ3n) is 1.55. The zero-order valence-corrected chi connectivity index (χ0v) is 8.47. The lowest BCUT2D eigenvalue weighted by Crippen LogP contribution is -2.06. The Balaban J connectivity index is 2.86. The lowest BCUT2D eigenvalue weighted by atomic mass is 10.3. The van der Waals surface area contributed by atoms with Gasteiger partial charge in [-0.25, -0.2) is 0 Å². The molecule has 5 heteroatoms. The van der Waals surface area contributed by atoms with Crippen LogP contribution < -0.4 is 4.74 Å². The van der Waals surface area contributed by atoms with Gasteiger partial charge in [-0.2, -0.15) is 5.01 Å². The Kier molecular flexibility index (Phi) is 3.28. The van der Waals surface area contributed by atoms with Gasteiger partial charge in [0.15, 0.2) is 5.69 Å². The van der Waals surface area contributed by atoms with Gasteiger partial charge in [0.2, 0.25) is 0 Å². The standard InChI is InChI=1S/C9H13N3O2/c1-11(2)10-12(13)8-4-6-9(14-3)7-5-8/h4-7H,1-3H3/b12-10-. The molecule has 0 spiro atoms. The van der Waals surface area contributed by atoms with E-state index in [4.69, 9.17) is 4.74 Å². The van der Waals surface area contributed by atoms with Crippen LogP contribution in [-0.4, -0.2) is 31.1 Å². The van der Waals surface area contributed by atoms with Crippen LogP contribution in [0.5, 0.6) is 5.75 Å². The van der Waals surface area contributed by atoms with Crippen LogP contribution in [0.2, 0.25) is 0 Å². The molecule has 0 saturated carbocycles. The summed E-state index contributed by atoms with van der Waals surface area (Å²) in [5.74, 6) is 0.715. The van der Waals surface area contributed by atoms with E-state index in [9.17, 15) is 5.21 Å². The molecule has 0 aromatic heterocycles. The SMILES string of the molecule is COc1ccc(/[N+]([O-])=N/N(C)C)cc1. The number of hydrogen-bond donors (Lipinski definition) is 0. The average Bonchev–Trinajstić information content (AvgIpc) is 2.17. The minimum absolute atomic E-state index is 0.472. The molecule has 0 unspecified atom stereocenters. The number of benzene rings is 1. The molecule has 0 aliphatic heterocycles. The maximum Gasteiger partial charge on any atom is 0.154 e. The lowest BCUT2D eigenvalue weighted by Gasteiger charge is -2.07. The predicted octanol–water partition coefficient (Wildman–Crippen LogP) is 1.77. The number of rotatable bonds is 3. The minimum Gasteiger partial charge on any atom is -0.691 e. The second-order valence-corrected chi connectivity index (χ2v) is 2.91. The highest BCUT2D eigenvalue weighted by Gasteiger charge is 1.99. The molecule has 1 aromatic rings. The minimum atomic E-state index is 0.472. The molecule has 0 radical (unpaired) electrons. The normalized spacial score (nSPS) is 11.2. The molecule has 0 aliphatic rings. The number of hydrogen-bond acceptors (Lipinski definition) is 3. The smallest absolute Gasteiger partial charge is 0.154 e. The average molecular weight is 195 g/mol. The van der Waals surface area contributed by atoms with Crippen LogP contribution in [0, 0.1) is 5.21 Å². The molecule has 0 heterocycles. The highest BCUT2D eigenvalue weighted by Crippen LogP contribution is 2.17. The molecule has 5 nitrogen and oxygen atoms in total. The lowest BCUT2D eigenvalue weighted by molar-refractivity contribution is -0.459. The Hall–Kier alpha value is -1.78. The molecule has 1 rings (SSSR count). The Morgan fingerprint density at radius 3 is 2.29 bits per heavy atom.